The predicted molar refractivity (Wildman–Crippen MR) is 211 cm³/mol. The number of unbranched alkanes of at least 4 members (excludes halogenated alkanes) is 10. The zero-order valence-corrected chi connectivity index (χ0v) is 32.4. The Morgan fingerprint density at radius 3 is 1.78 bits per heavy atom. The Hall–Kier alpha value is -5.51. The normalized spacial score (nSPS) is 10.8. The van der Waals surface area contributed by atoms with Crippen LogP contribution in [-0.2, 0) is 30.2 Å². The molecule has 55 heavy (non-hydrogen) atoms. The van der Waals surface area contributed by atoms with Gasteiger partial charge in [0.25, 0.3) is 0 Å². The minimum Gasteiger partial charge on any atom is -0.466 e. The van der Waals surface area contributed by atoms with Crippen molar-refractivity contribution in [2.45, 2.75) is 97.3 Å². The molecule has 10 nitrogen and oxygen atoms in total. The van der Waals surface area contributed by atoms with Crippen LogP contribution in [0.25, 0.3) is 6.08 Å². The molecule has 0 aromatic heterocycles. The van der Waals surface area contributed by atoms with Gasteiger partial charge < -0.3 is 23.7 Å². The molecule has 0 N–H and O–H groups in total. The molecule has 0 saturated carbocycles. The molecule has 0 aliphatic carbocycles. The molecule has 3 aromatic rings. The van der Waals surface area contributed by atoms with Gasteiger partial charge in [-0.05, 0) is 92.3 Å². The van der Waals surface area contributed by atoms with E-state index in [0.717, 1.165) is 82.6 Å². The van der Waals surface area contributed by atoms with E-state index in [0.29, 0.717) is 29.7 Å². The number of rotatable bonds is 24. The highest BCUT2D eigenvalue weighted by Crippen LogP contribution is 2.27. The predicted octanol–water partition coefficient (Wildman–Crippen LogP) is 9.83. The van der Waals surface area contributed by atoms with Gasteiger partial charge in [-0.15, -0.1) is 0 Å². The lowest BCUT2D eigenvalue weighted by Crippen LogP contribution is -2.14. The largest absolute Gasteiger partial charge is 0.466 e. The van der Waals surface area contributed by atoms with E-state index in [-0.39, 0.29) is 35.2 Å². The summed E-state index contributed by atoms with van der Waals surface area (Å²) >= 11 is 0. The highest BCUT2D eigenvalue weighted by atomic mass is 16.6. The Labute approximate surface area is 324 Å². The number of hydrogen-bond acceptors (Lipinski definition) is 10. The van der Waals surface area contributed by atoms with Crippen molar-refractivity contribution >= 4 is 35.9 Å². The molecule has 10 heteroatoms. The van der Waals surface area contributed by atoms with E-state index in [4.69, 9.17) is 18.9 Å². The number of carbonyl (C=O) groups excluding carboxylic acids is 5. The second-order valence-corrected chi connectivity index (χ2v) is 13.3. The Kier molecular flexibility index (Phi) is 19.7. The molecule has 0 unspecified atom stereocenters. The molecule has 0 aliphatic rings. The average Bonchev–Trinajstić information content (AvgIpc) is 3.19. The lowest BCUT2D eigenvalue weighted by Gasteiger charge is -2.13. The number of carbonyl (C=O) groups is 5. The third-order valence-corrected chi connectivity index (χ3v) is 8.71. The number of benzene rings is 3. The average molecular weight is 755 g/mol. The Morgan fingerprint density at radius 2 is 1.20 bits per heavy atom. The first-order chi connectivity index (χ1) is 26.6. The van der Waals surface area contributed by atoms with Crippen molar-refractivity contribution in [1.29, 1.82) is 0 Å². The van der Waals surface area contributed by atoms with Gasteiger partial charge in [0.15, 0.2) is 0 Å². The summed E-state index contributed by atoms with van der Waals surface area (Å²) in [5.41, 5.74) is 2.75. The molecule has 3 aromatic carbocycles. The lowest BCUT2D eigenvalue weighted by atomic mass is 10.1. The van der Waals surface area contributed by atoms with Gasteiger partial charge in [0.2, 0.25) is 0 Å². The standard InChI is InChI=1S/C45H54O10/c1-5-6-14-17-34-18-23-37(24-19-34)44(49)55-40-28-27-38(54-43(48)36-25-20-35(21-26-36)22-29-41(46)51-4)32-39(40)45(50)53-31-16-13-11-9-7-8-10-12-15-30-52-42(47)33(2)3/h18-29,32H,2,5-17,30-31H2,1,3-4H3/b29-22+. The van der Waals surface area contributed by atoms with Crippen molar-refractivity contribution in [3.8, 4) is 11.5 Å². The highest BCUT2D eigenvalue weighted by Gasteiger charge is 2.21. The summed E-state index contributed by atoms with van der Waals surface area (Å²) in [5, 5.41) is 0. The van der Waals surface area contributed by atoms with Crippen molar-refractivity contribution in [3.05, 3.63) is 113 Å². The molecule has 0 atom stereocenters. The molecular weight excluding hydrogens is 700 g/mol. The number of hydrogen-bond donors (Lipinski definition) is 0. The minimum atomic E-state index is -0.706. The summed E-state index contributed by atoms with van der Waals surface area (Å²) in [5.74, 6) is -2.80. The van der Waals surface area contributed by atoms with E-state index in [1.807, 2.05) is 12.1 Å². The van der Waals surface area contributed by atoms with E-state index >= 15 is 0 Å². The van der Waals surface area contributed by atoms with Crippen LogP contribution < -0.4 is 9.47 Å². The fourth-order valence-electron chi connectivity index (χ4n) is 5.47. The van der Waals surface area contributed by atoms with Gasteiger partial charge in [0.05, 0.1) is 31.5 Å². The zero-order chi connectivity index (χ0) is 39.8. The van der Waals surface area contributed by atoms with Crippen molar-refractivity contribution in [3.63, 3.8) is 0 Å². The fourth-order valence-corrected chi connectivity index (χ4v) is 5.47. The first-order valence-electron chi connectivity index (χ1n) is 19.1. The van der Waals surface area contributed by atoms with Crippen molar-refractivity contribution in [2.24, 2.45) is 0 Å². The molecule has 0 bridgehead atoms. The summed E-state index contributed by atoms with van der Waals surface area (Å²) in [7, 11) is 1.28. The monoisotopic (exact) mass is 754 g/mol. The fraction of sp³-hybridized carbons (Fsp3) is 0.400. The minimum absolute atomic E-state index is 0.0162. The van der Waals surface area contributed by atoms with E-state index in [1.54, 1.807) is 49.4 Å². The molecule has 0 fully saturated rings. The van der Waals surface area contributed by atoms with Gasteiger partial charge >= 0.3 is 29.8 Å². The third-order valence-electron chi connectivity index (χ3n) is 8.71. The molecule has 0 aliphatic heterocycles. The molecule has 0 heterocycles. The number of esters is 5. The van der Waals surface area contributed by atoms with Gasteiger partial charge in [-0.1, -0.05) is 95.6 Å². The van der Waals surface area contributed by atoms with Crippen LogP contribution in [0.15, 0.2) is 85.0 Å². The summed E-state index contributed by atoms with van der Waals surface area (Å²) < 4.78 is 26.6. The first-order valence-corrected chi connectivity index (χ1v) is 19.1. The third kappa shape index (κ3) is 16.6. The second-order valence-electron chi connectivity index (χ2n) is 13.3. The molecule has 0 saturated heterocycles. The van der Waals surface area contributed by atoms with Gasteiger partial charge in [-0.25, -0.2) is 24.0 Å². The Bertz CT molecular complexity index is 1740. The maximum absolute atomic E-state index is 13.4. The number of methoxy groups -OCH3 is 1. The quantitative estimate of drug-likeness (QED) is 0.0286. The van der Waals surface area contributed by atoms with Gasteiger partial charge in [0, 0.05) is 11.6 Å². The maximum atomic E-state index is 13.4. The van der Waals surface area contributed by atoms with Crippen molar-refractivity contribution < 1.29 is 47.7 Å². The summed E-state index contributed by atoms with van der Waals surface area (Å²) in [4.78, 5) is 62.3. The Balaban J connectivity index is 1.57. The molecule has 3 rings (SSSR count). The van der Waals surface area contributed by atoms with Crippen LogP contribution in [0.4, 0.5) is 0 Å². The van der Waals surface area contributed by atoms with E-state index < -0.39 is 23.9 Å². The molecular formula is C45H54O10. The topological polar surface area (TPSA) is 132 Å². The van der Waals surface area contributed by atoms with E-state index in [1.165, 1.54) is 31.4 Å². The van der Waals surface area contributed by atoms with E-state index in [9.17, 15) is 24.0 Å². The smallest absolute Gasteiger partial charge is 0.343 e. The lowest BCUT2D eigenvalue weighted by molar-refractivity contribution is -0.139. The van der Waals surface area contributed by atoms with Gasteiger partial charge in [-0.2, -0.15) is 0 Å². The number of ether oxygens (including phenoxy) is 5. The maximum Gasteiger partial charge on any atom is 0.343 e. The van der Waals surface area contributed by atoms with Crippen LogP contribution in [0.5, 0.6) is 11.5 Å². The Morgan fingerprint density at radius 1 is 0.636 bits per heavy atom. The van der Waals surface area contributed by atoms with Gasteiger partial charge in [0.1, 0.15) is 17.1 Å². The van der Waals surface area contributed by atoms with Crippen molar-refractivity contribution in [1.82, 2.24) is 0 Å². The molecule has 0 spiro atoms. The summed E-state index contributed by atoms with van der Waals surface area (Å²) in [6.45, 7) is 7.96. The zero-order valence-electron chi connectivity index (χ0n) is 32.4. The summed E-state index contributed by atoms with van der Waals surface area (Å²) in [6, 6.07) is 17.8. The van der Waals surface area contributed by atoms with Crippen LogP contribution in [-0.4, -0.2) is 50.2 Å². The SMILES string of the molecule is C=C(C)C(=O)OCCCCCCCCCCCOC(=O)c1cc(OC(=O)c2ccc(/C=C/C(=O)OC)cc2)ccc1OC(=O)c1ccc(CCCCC)cc1. The van der Waals surface area contributed by atoms with Gasteiger partial charge in [-0.3, -0.25) is 0 Å². The highest BCUT2D eigenvalue weighted by molar-refractivity contribution is 5.97. The molecule has 0 amide bonds. The van der Waals surface area contributed by atoms with Crippen LogP contribution in [0, 0.1) is 0 Å². The first kappa shape index (κ1) is 43.9. The molecule has 0 radical (unpaired) electrons. The van der Waals surface area contributed by atoms with Crippen LogP contribution in [0.2, 0.25) is 0 Å². The summed E-state index contributed by atoms with van der Waals surface area (Å²) in [6.07, 6.45) is 15.8. The van der Waals surface area contributed by atoms with Crippen LogP contribution in [0.1, 0.15) is 133 Å². The van der Waals surface area contributed by atoms with Crippen LogP contribution in [0.3, 0.4) is 0 Å². The van der Waals surface area contributed by atoms with E-state index in [2.05, 4.69) is 18.2 Å². The second kappa shape index (κ2) is 24.7. The number of aryl methyl sites for hydroxylation is 1. The van der Waals surface area contributed by atoms with Crippen molar-refractivity contribution in [2.75, 3.05) is 20.3 Å². The van der Waals surface area contributed by atoms with Crippen LogP contribution >= 0.6 is 0 Å². The molecule has 294 valence electrons.